The number of sulfone groups is 1. The van der Waals surface area contributed by atoms with Crippen molar-refractivity contribution in [2.45, 2.75) is 35.4 Å². The first-order valence-electron chi connectivity index (χ1n) is 7.89. The van der Waals surface area contributed by atoms with Crippen molar-refractivity contribution >= 4 is 39.1 Å². The van der Waals surface area contributed by atoms with Crippen LogP contribution in [0.5, 0.6) is 0 Å². The highest BCUT2D eigenvalue weighted by molar-refractivity contribution is 8.00. The third-order valence-corrected chi connectivity index (χ3v) is 6.57. The molecule has 0 bridgehead atoms. The standard InChI is InChI=1S/C16H23ClN2O3S2/c1-24(21,22)11-8-15(18)16(20)19-9-6-14(7-10-19)23-13-4-2-12(17)3-5-13/h2-5,14-15H,6-11,18H2,1H3. The zero-order valence-electron chi connectivity index (χ0n) is 13.7. The second-order valence-corrected chi connectivity index (χ2v) is 10.2. The normalized spacial score (nSPS) is 17.7. The first kappa shape index (κ1) is 19.6. The predicted molar refractivity (Wildman–Crippen MR) is 99.2 cm³/mol. The maximum absolute atomic E-state index is 12.3. The number of piperidine rings is 1. The Bertz CT molecular complexity index is 656. The zero-order chi connectivity index (χ0) is 17.7. The number of halogens is 1. The number of likely N-dealkylation sites (tertiary alicyclic amines) is 1. The van der Waals surface area contributed by atoms with E-state index in [1.807, 2.05) is 24.3 Å². The summed E-state index contributed by atoms with van der Waals surface area (Å²) in [6, 6.07) is 7.03. The van der Waals surface area contributed by atoms with E-state index in [1.54, 1.807) is 16.7 Å². The third kappa shape index (κ3) is 6.27. The van der Waals surface area contributed by atoms with Crippen LogP contribution < -0.4 is 5.73 Å². The van der Waals surface area contributed by atoms with E-state index < -0.39 is 15.9 Å². The van der Waals surface area contributed by atoms with E-state index in [0.29, 0.717) is 18.3 Å². The van der Waals surface area contributed by atoms with Crippen LogP contribution in [0.1, 0.15) is 19.3 Å². The number of benzene rings is 1. The topological polar surface area (TPSA) is 80.5 Å². The fraction of sp³-hybridized carbons (Fsp3) is 0.562. The van der Waals surface area contributed by atoms with Gasteiger partial charge in [-0.2, -0.15) is 0 Å². The van der Waals surface area contributed by atoms with Gasteiger partial charge in [-0.15, -0.1) is 11.8 Å². The van der Waals surface area contributed by atoms with Gasteiger partial charge in [0.1, 0.15) is 9.84 Å². The Balaban J connectivity index is 1.79. The van der Waals surface area contributed by atoms with Crippen LogP contribution in [-0.2, 0) is 14.6 Å². The number of hydrogen-bond acceptors (Lipinski definition) is 5. The maximum Gasteiger partial charge on any atom is 0.239 e. The van der Waals surface area contributed by atoms with Gasteiger partial charge >= 0.3 is 0 Å². The lowest BCUT2D eigenvalue weighted by molar-refractivity contribution is -0.133. The molecule has 1 heterocycles. The summed E-state index contributed by atoms with van der Waals surface area (Å²) in [5, 5.41) is 1.19. The fourth-order valence-electron chi connectivity index (χ4n) is 2.60. The van der Waals surface area contributed by atoms with Crippen LogP contribution in [0.25, 0.3) is 0 Å². The van der Waals surface area contributed by atoms with Crippen molar-refractivity contribution < 1.29 is 13.2 Å². The molecule has 24 heavy (non-hydrogen) atoms. The first-order valence-corrected chi connectivity index (χ1v) is 11.2. The SMILES string of the molecule is CS(=O)(=O)CCC(N)C(=O)N1CCC(Sc2ccc(Cl)cc2)CC1. The monoisotopic (exact) mass is 390 g/mol. The molecule has 0 aliphatic carbocycles. The van der Waals surface area contributed by atoms with Gasteiger partial charge in [0.15, 0.2) is 0 Å². The number of nitrogens with two attached hydrogens (primary N) is 1. The lowest BCUT2D eigenvalue weighted by Gasteiger charge is -2.33. The summed E-state index contributed by atoms with van der Waals surface area (Å²) in [4.78, 5) is 15.2. The molecule has 0 radical (unpaired) electrons. The van der Waals surface area contributed by atoms with Crippen LogP contribution in [0.2, 0.25) is 5.02 Å². The molecule has 5 nitrogen and oxygen atoms in total. The molecule has 8 heteroatoms. The molecule has 2 rings (SSSR count). The molecule has 1 aliphatic rings. The summed E-state index contributed by atoms with van der Waals surface area (Å²) < 4.78 is 22.4. The van der Waals surface area contributed by atoms with E-state index in [0.717, 1.165) is 24.1 Å². The minimum Gasteiger partial charge on any atom is -0.341 e. The van der Waals surface area contributed by atoms with E-state index in [4.69, 9.17) is 17.3 Å². The van der Waals surface area contributed by atoms with Crippen molar-refractivity contribution in [3.8, 4) is 0 Å². The number of amides is 1. The Morgan fingerprint density at radius 3 is 2.46 bits per heavy atom. The highest BCUT2D eigenvalue weighted by Crippen LogP contribution is 2.31. The van der Waals surface area contributed by atoms with Gasteiger partial charge in [0, 0.05) is 34.5 Å². The van der Waals surface area contributed by atoms with Crippen molar-refractivity contribution in [3.63, 3.8) is 0 Å². The van der Waals surface area contributed by atoms with Gasteiger partial charge in [0.2, 0.25) is 5.91 Å². The Morgan fingerprint density at radius 1 is 1.33 bits per heavy atom. The zero-order valence-corrected chi connectivity index (χ0v) is 16.0. The Morgan fingerprint density at radius 2 is 1.92 bits per heavy atom. The highest BCUT2D eigenvalue weighted by atomic mass is 35.5. The average Bonchev–Trinajstić information content (AvgIpc) is 2.54. The summed E-state index contributed by atoms with van der Waals surface area (Å²) in [5.41, 5.74) is 5.85. The molecule has 1 saturated heterocycles. The highest BCUT2D eigenvalue weighted by Gasteiger charge is 2.27. The number of carbonyl (C=O) groups is 1. The van der Waals surface area contributed by atoms with Gasteiger partial charge in [0.25, 0.3) is 0 Å². The molecule has 0 saturated carbocycles. The number of thioether (sulfide) groups is 1. The van der Waals surface area contributed by atoms with Crippen LogP contribution in [0.15, 0.2) is 29.2 Å². The molecule has 1 aromatic rings. The largest absolute Gasteiger partial charge is 0.341 e. The van der Waals surface area contributed by atoms with Crippen LogP contribution in [0.3, 0.4) is 0 Å². The number of nitrogens with zero attached hydrogens (tertiary/aromatic N) is 1. The van der Waals surface area contributed by atoms with Crippen molar-refractivity contribution in [2.75, 3.05) is 25.1 Å². The van der Waals surface area contributed by atoms with Crippen molar-refractivity contribution in [2.24, 2.45) is 5.73 Å². The average molecular weight is 391 g/mol. The van der Waals surface area contributed by atoms with Gasteiger partial charge in [-0.1, -0.05) is 11.6 Å². The molecule has 1 aromatic carbocycles. The molecule has 1 fully saturated rings. The Labute approximate surface area is 152 Å². The number of carbonyl (C=O) groups excluding carboxylic acids is 1. The minimum atomic E-state index is -3.09. The molecule has 1 aliphatic heterocycles. The fourth-order valence-corrected chi connectivity index (χ4v) is 4.53. The second kappa shape index (κ2) is 8.56. The number of rotatable bonds is 6. The van der Waals surface area contributed by atoms with Gasteiger partial charge in [-0.3, -0.25) is 4.79 Å². The first-order chi connectivity index (χ1) is 11.2. The second-order valence-electron chi connectivity index (χ2n) is 6.12. The number of hydrogen-bond donors (Lipinski definition) is 1. The van der Waals surface area contributed by atoms with Gasteiger partial charge in [-0.05, 0) is 43.5 Å². The maximum atomic E-state index is 12.3. The van der Waals surface area contributed by atoms with Crippen molar-refractivity contribution in [1.82, 2.24) is 4.90 Å². The van der Waals surface area contributed by atoms with Gasteiger partial charge in [-0.25, -0.2) is 8.42 Å². The molecule has 0 aromatic heterocycles. The lowest BCUT2D eigenvalue weighted by atomic mass is 10.1. The van der Waals surface area contributed by atoms with Gasteiger partial charge in [0.05, 0.1) is 11.8 Å². The molecular weight excluding hydrogens is 368 g/mol. The smallest absolute Gasteiger partial charge is 0.239 e. The predicted octanol–water partition coefficient (Wildman–Crippen LogP) is 2.19. The third-order valence-electron chi connectivity index (χ3n) is 3.99. The van der Waals surface area contributed by atoms with Crippen molar-refractivity contribution in [3.05, 3.63) is 29.3 Å². The quantitative estimate of drug-likeness (QED) is 0.805. The molecule has 2 N–H and O–H groups in total. The molecule has 1 amide bonds. The summed E-state index contributed by atoms with van der Waals surface area (Å²) in [7, 11) is -3.09. The molecule has 0 spiro atoms. The summed E-state index contributed by atoms with van der Waals surface area (Å²) in [6.45, 7) is 1.33. The Hall–Kier alpha value is -0.760. The van der Waals surface area contributed by atoms with E-state index in [1.165, 1.54) is 4.90 Å². The minimum absolute atomic E-state index is 0.0528. The lowest BCUT2D eigenvalue weighted by Crippen LogP contribution is -2.48. The molecule has 134 valence electrons. The van der Waals surface area contributed by atoms with E-state index in [-0.39, 0.29) is 18.1 Å². The molecule has 1 atom stereocenters. The van der Waals surface area contributed by atoms with Crippen LogP contribution in [-0.4, -0.2) is 55.6 Å². The van der Waals surface area contributed by atoms with E-state index in [2.05, 4.69) is 0 Å². The van der Waals surface area contributed by atoms with E-state index >= 15 is 0 Å². The summed E-state index contributed by atoms with van der Waals surface area (Å²) >= 11 is 7.69. The van der Waals surface area contributed by atoms with Crippen molar-refractivity contribution in [1.29, 1.82) is 0 Å². The molecule has 1 unspecified atom stereocenters. The van der Waals surface area contributed by atoms with E-state index in [9.17, 15) is 13.2 Å². The Kier molecular flexibility index (Phi) is 6.98. The molecular formula is C16H23ClN2O3S2. The summed E-state index contributed by atoms with van der Waals surface area (Å²) in [5.74, 6) is -0.198. The summed E-state index contributed by atoms with van der Waals surface area (Å²) in [6.07, 6.45) is 3.14. The van der Waals surface area contributed by atoms with Crippen LogP contribution >= 0.6 is 23.4 Å². The van der Waals surface area contributed by atoms with Gasteiger partial charge < -0.3 is 10.6 Å². The van der Waals surface area contributed by atoms with Crippen LogP contribution in [0.4, 0.5) is 0 Å². The van der Waals surface area contributed by atoms with Crippen LogP contribution in [0, 0.1) is 0 Å².